The number of carboxylic acid groups (broad SMARTS) is 1. The van der Waals surface area contributed by atoms with Gasteiger partial charge in [0.2, 0.25) is 0 Å². The number of H-pyrrole nitrogens is 1. The maximum absolute atomic E-state index is 11.1. The lowest BCUT2D eigenvalue weighted by molar-refractivity contribution is -0.140. The number of carboxylic acids is 1. The lowest BCUT2D eigenvalue weighted by atomic mass is 10.0. The summed E-state index contributed by atoms with van der Waals surface area (Å²) in [4.78, 5) is 21.9. The van der Waals surface area contributed by atoms with Gasteiger partial charge in [0.15, 0.2) is 0 Å². The Labute approximate surface area is 74.0 Å². The first-order chi connectivity index (χ1) is 6.06. The van der Waals surface area contributed by atoms with Crippen LogP contribution in [0, 0.1) is 0 Å². The number of hydrogen-bond donors (Lipinski definition) is 2. The molecule has 1 aromatic heterocycles. The third-order valence-corrected chi connectivity index (χ3v) is 2.56. The number of rotatable bonds is 2. The number of aromatic nitrogens is 2. The molecule has 0 aromatic carbocycles. The van der Waals surface area contributed by atoms with Crippen LogP contribution < -0.4 is 5.56 Å². The van der Waals surface area contributed by atoms with Gasteiger partial charge in [-0.1, -0.05) is 0 Å². The Balaban J connectivity index is 2.47. The van der Waals surface area contributed by atoms with E-state index in [0.717, 1.165) is 0 Å². The highest BCUT2D eigenvalue weighted by molar-refractivity contribution is 5.84. The molecule has 1 aliphatic carbocycles. The fourth-order valence-corrected chi connectivity index (χ4v) is 1.46. The lowest BCUT2D eigenvalue weighted by Gasteiger charge is -2.05. The largest absolute Gasteiger partial charge is 0.481 e. The van der Waals surface area contributed by atoms with Crippen LogP contribution in [0.3, 0.4) is 0 Å². The van der Waals surface area contributed by atoms with Crippen molar-refractivity contribution in [3.63, 3.8) is 0 Å². The molecule has 2 N–H and O–H groups in total. The molecule has 13 heavy (non-hydrogen) atoms. The minimum Gasteiger partial charge on any atom is -0.481 e. The summed E-state index contributed by atoms with van der Waals surface area (Å²) in [5.41, 5.74) is -0.476. The Kier molecular flexibility index (Phi) is 1.40. The van der Waals surface area contributed by atoms with E-state index in [4.69, 9.17) is 5.11 Å². The van der Waals surface area contributed by atoms with Crippen molar-refractivity contribution in [2.24, 2.45) is 7.05 Å². The molecule has 70 valence electrons. The Bertz CT molecular complexity index is 411. The zero-order chi connectivity index (χ0) is 9.64. The van der Waals surface area contributed by atoms with E-state index in [9.17, 15) is 9.59 Å². The highest BCUT2D eigenvalue weighted by Crippen LogP contribution is 2.47. The van der Waals surface area contributed by atoms with E-state index < -0.39 is 11.4 Å². The van der Waals surface area contributed by atoms with Gasteiger partial charge in [-0.15, -0.1) is 0 Å². The van der Waals surface area contributed by atoms with Crippen LogP contribution in [-0.4, -0.2) is 20.9 Å². The van der Waals surface area contributed by atoms with Crippen molar-refractivity contribution < 1.29 is 9.90 Å². The number of nitrogens with one attached hydrogen (secondary N) is 1. The molecule has 0 amide bonds. The smallest absolute Gasteiger partial charge is 0.315 e. The van der Waals surface area contributed by atoms with Crippen molar-refractivity contribution in [3.8, 4) is 0 Å². The van der Waals surface area contributed by atoms with Gasteiger partial charge in [0, 0.05) is 13.1 Å². The predicted molar refractivity (Wildman–Crippen MR) is 44.6 cm³/mol. The molecule has 5 nitrogen and oxygen atoms in total. The molecule has 0 saturated heterocycles. The zero-order valence-corrected chi connectivity index (χ0v) is 7.20. The van der Waals surface area contributed by atoms with E-state index in [0.29, 0.717) is 18.5 Å². The Morgan fingerprint density at radius 3 is 2.62 bits per heavy atom. The Morgan fingerprint density at radius 1 is 1.69 bits per heavy atom. The van der Waals surface area contributed by atoms with E-state index in [1.165, 1.54) is 10.7 Å². The molecule has 5 heteroatoms. The van der Waals surface area contributed by atoms with Crippen molar-refractivity contribution in [1.29, 1.82) is 0 Å². The monoisotopic (exact) mass is 182 g/mol. The van der Waals surface area contributed by atoms with Crippen LogP contribution in [0.15, 0.2) is 10.9 Å². The summed E-state index contributed by atoms with van der Waals surface area (Å²) in [6.07, 6.45) is 1.23. The van der Waals surface area contributed by atoms with Gasteiger partial charge in [-0.2, -0.15) is 0 Å². The van der Waals surface area contributed by atoms with Crippen molar-refractivity contribution >= 4 is 5.97 Å². The van der Waals surface area contributed by atoms with E-state index in [1.807, 2.05) is 0 Å². The predicted octanol–water partition coefficient (Wildman–Crippen LogP) is -0.170. The lowest BCUT2D eigenvalue weighted by Crippen LogP contribution is -2.20. The van der Waals surface area contributed by atoms with Crippen LogP contribution >= 0.6 is 0 Å². The quantitative estimate of drug-likeness (QED) is 0.666. The molecular formula is C8H10N2O3. The first-order valence-electron chi connectivity index (χ1n) is 4.06. The van der Waals surface area contributed by atoms with Crippen molar-refractivity contribution in [3.05, 3.63) is 22.1 Å². The normalized spacial score (nSPS) is 18.5. The molecule has 0 unspecified atom stereocenters. The number of nitrogens with zero attached hydrogens (tertiary/aromatic N) is 1. The second-order valence-electron chi connectivity index (χ2n) is 3.45. The fourth-order valence-electron chi connectivity index (χ4n) is 1.46. The van der Waals surface area contributed by atoms with Gasteiger partial charge in [0.1, 0.15) is 5.41 Å². The van der Waals surface area contributed by atoms with E-state index in [2.05, 4.69) is 5.10 Å². The van der Waals surface area contributed by atoms with Gasteiger partial charge >= 0.3 is 5.97 Å². The van der Waals surface area contributed by atoms with Gasteiger partial charge < -0.3 is 5.11 Å². The van der Waals surface area contributed by atoms with E-state index in [-0.39, 0.29) is 5.56 Å². The maximum Gasteiger partial charge on any atom is 0.315 e. The first-order valence-corrected chi connectivity index (χ1v) is 4.06. The van der Waals surface area contributed by atoms with Gasteiger partial charge in [-0.05, 0) is 12.8 Å². The SMILES string of the molecule is Cn1[nH]c(C2(C(=O)O)CC2)cc1=O. The van der Waals surface area contributed by atoms with Crippen LogP contribution in [0.5, 0.6) is 0 Å². The summed E-state index contributed by atoms with van der Waals surface area (Å²) < 4.78 is 1.29. The summed E-state index contributed by atoms with van der Waals surface area (Å²) in [5.74, 6) is -0.852. The fraction of sp³-hybridized carbons (Fsp3) is 0.500. The third-order valence-electron chi connectivity index (χ3n) is 2.56. The van der Waals surface area contributed by atoms with Crippen molar-refractivity contribution in [2.75, 3.05) is 0 Å². The van der Waals surface area contributed by atoms with Crippen molar-refractivity contribution in [2.45, 2.75) is 18.3 Å². The summed E-state index contributed by atoms with van der Waals surface area (Å²) in [7, 11) is 1.57. The topological polar surface area (TPSA) is 75.1 Å². The summed E-state index contributed by atoms with van der Waals surface area (Å²) in [6.45, 7) is 0. The molecular weight excluding hydrogens is 172 g/mol. The molecule has 1 aliphatic rings. The number of hydrogen-bond acceptors (Lipinski definition) is 2. The van der Waals surface area contributed by atoms with Gasteiger partial charge in [0.25, 0.3) is 5.56 Å². The molecule has 0 spiro atoms. The first kappa shape index (κ1) is 8.10. The average molecular weight is 182 g/mol. The maximum atomic E-state index is 11.1. The van der Waals surface area contributed by atoms with Crippen LogP contribution in [0.2, 0.25) is 0 Å². The number of aromatic amines is 1. The van der Waals surface area contributed by atoms with Gasteiger partial charge in [0.05, 0.1) is 5.69 Å². The number of aliphatic carboxylic acids is 1. The van der Waals surface area contributed by atoms with Gasteiger partial charge in [-0.25, -0.2) is 0 Å². The summed E-state index contributed by atoms with van der Waals surface area (Å²) in [6, 6.07) is 1.36. The minimum atomic E-state index is -0.852. The minimum absolute atomic E-state index is 0.192. The molecule has 0 radical (unpaired) electrons. The molecule has 2 rings (SSSR count). The molecule has 0 aliphatic heterocycles. The molecule has 1 saturated carbocycles. The van der Waals surface area contributed by atoms with Crippen LogP contribution in [0.4, 0.5) is 0 Å². The second-order valence-corrected chi connectivity index (χ2v) is 3.45. The second kappa shape index (κ2) is 2.25. The summed E-state index contributed by atoms with van der Waals surface area (Å²) in [5, 5.41) is 11.7. The van der Waals surface area contributed by atoms with Crippen LogP contribution in [-0.2, 0) is 17.3 Å². The molecule has 1 fully saturated rings. The number of carbonyl (C=O) groups is 1. The highest BCUT2D eigenvalue weighted by Gasteiger charge is 2.53. The molecule has 1 heterocycles. The van der Waals surface area contributed by atoms with Crippen LogP contribution in [0.25, 0.3) is 0 Å². The number of aryl methyl sites for hydroxylation is 1. The highest BCUT2D eigenvalue weighted by atomic mass is 16.4. The van der Waals surface area contributed by atoms with Gasteiger partial charge in [-0.3, -0.25) is 19.4 Å². The summed E-state index contributed by atoms with van der Waals surface area (Å²) >= 11 is 0. The standard InChI is InChI=1S/C8H10N2O3/c1-10-6(11)4-5(9-10)8(2-3-8)7(12)13/h4,9H,2-3H2,1H3,(H,12,13). The Hall–Kier alpha value is -1.52. The van der Waals surface area contributed by atoms with Crippen molar-refractivity contribution in [1.82, 2.24) is 9.78 Å². The zero-order valence-electron chi connectivity index (χ0n) is 7.20. The van der Waals surface area contributed by atoms with E-state index >= 15 is 0 Å². The molecule has 0 atom stereocenters. The van der Waals surface area contributed by atoms with Crippen LogP contribution in [0.1, 0.15) is 18.5 Å². The molecule has 0 bridgehead atoms. The van der Waals surface area contributed by atoms with E-state index in [1.54, 1.807) is 7.05 Å². The Morgan fingerprint density at radius 2 is 2.31 bits per heavy atom. The molecule has 1 aromatic rings. The average Bonchev–Trinajstić information content (AvgIpc) is 2.77. The third kappa shape index (κ3) is 0.998.